The summed E-state index contributed by atoms with van der Waals surface area (Å²) in [6.07, 6.45) is 5.27. The summed E-state index contributed by atoms with van der Waals surface area (Å²) in [4.78, 5) is 15.5. The molecule has 0 aliphatic carbocycles. The van der Waals surface area contributed by atoms with Crippen molar-refractivity contribution in [3.63, 3.8) is 0 Å². The fourth-order valence-electron chi connectivity index (χ4n) is 2.84. The number of aromatic nitrogens is 5. The number of aryl methyl sites for hydroxylation is 3. The van der Waals surface area contributed by atoms with Gasteiger partial charge in [-0.3, -0.25) is 0 Å². The second kappa shape index (κ2) is 4.77. The van der Waals surface area contributed by atoms with E-state index in [4.69, 9.17) is 0 Å². The zero-order valence-corrected chi connectivity index (χ0v) is 12.8. The molecule has 108 valence electrons. The molecule has 1 unspecified atom stereocenters. The molecule has 0 saturated carbocycles. The first-order valence-corrected chi connectivity index (χ1v) is 7.88. The number of rotatable bonds is 2. The predicted octanol–water partition coefficient (Wildman–Crippen LogP) is 2.33. The normalized spacial score (nSPS) is 17.9. The number of thiophene rings is 1. The molecule has 0 aromatic carbocycles. The van der Waals surface area contributed by atoms with E-state index in [0.29, 0.717) is 6.04 Å². The van der Waals surface area contributed by atoms with Crippen molar-refractivity contribution in [1.82, 2.24) is 24.7 Å². The quantitative estimate of drug-likeness (QED) is 0.786. The molecule has 1 aliphatic rings. The van der Waals surface area contributed by atoms with Gasteiger partial charge in [0.15, 0.2) is 0 Å². The Hall–Kier alpha value is -2.02. The van der Waals surface area contributed by atoms with Crippen LogP contribution in [0.1, 0.15) is 22.7 Å². The van der Waals surface area contributed by atoms with Crippen molar-refractivity contribution in [2.45, 2.75) is 39.3 Å². The zero-order valence-electron chi connectivity index (χ0n) is 12.0. The Morgan fingerprint density at radius 2 is 2.14 bits per heavy atom. The molecule has 0 spiro atoms. The molecular formula is C14H16N6S. The number of hydrogen-bond acceptors (Lipinski definition) is 6. The third kappa shape index (κ3) is 2.08. The number of anilines is 1. The van der Waals surface area contributed by atoms with E-state index in [1.165, 1.54) is 10.4 Å². The van der Waals surface area contributed by atoms with E-state index in [9.17, 15) is 0 Å². The van der Waals surface area contributed by atoms with E-state index in [0.717, 1.165) is 41.2 Å². The van der Waals surface area contributed by atoms with Crippen molar-refractivity contribution >= 4 is 27.4 Å². The lowest BCUT2D eigenvalue weighted by atomic mass is 10.1. The van der Waals surface area contributed by atoms with Gasteiger partial charge in [-0.1, -0.05) is 0 Å². The van der Waals surface area contributed by atoms with Gasteiger partial charge in [0.2, 0.25) is 0 Å². The van der Waals surface area contributed by atoms with Gasteiger partial charge in [0.05, 0.1) is 11.9 Å². The minimum Gasteiger partial charge on any atom is -0.365 e. The van der Waals surface area contributed by atoms with E-state index < -0.39 is 0 Å². The Morgan fingerprint density at radius 1 is 1.24 bits per heavy atom. The second-order valence-electron chi connectivity index (χ2n) is 5.42. The number of fused-ring (bicyclic) bond motifs is 2. The summed E-state index contributed by atoms with van der Waals surface area (Å²) in [6, 6.07) is 0.330. The van der Waals surface area contributed by atoms with E-state index in [-0.39, 0.29) is 0 Å². The van der Waals surface area contributed by atoms with Crippen molar-refractivity contribution in [2.24, 2.45) is 0 Å². The van der Waals surface area contributed by atoms with Gasteiger partial charge in [-0.25, -0.2) is 19.6 Å². The summed E-state index contributed by atoms with van der Waals surface area (Å²) in [7, 11) is 0. The highest BCUT2D eigenvalue weighted by atomic mass is 32.1. The first kappa shape index (κ1) is 12.7. The van der Waals surface area contributed by atoms with Crippen LogP contribution in [-0.2, 0) is 13.0 Å². The van der Waals surface area contributed by atoms with Crippen molar-refractivity contribution in [3.8, 4) is 0 Å². The van der Waals surface area contributed by atoms with Gasteiger partial charge in [0.25, 0.3) is 0 Å². The van der Waals surface area contributed by atoms with Gasteiger partial charge in [0, 0.05) is 17.3 Å². The van der Waals surface area contributed by atoms with Crippen molar-refractivity contribution < 1.29 is 0 Å². The fraction of sp³-hybridized carbons (Fsp3) is 0.429. The van der Waals surface area contributed by atoms with E-state index in [1.54, 1.807) is 24.0 Å². The first-order valence-electron chi connectivity index (χ1n) is 7.06. The standard InChI is InChI=1S/C14H16N6S/c1-8-9(2)21-14-12(8)13(16-6-17-14)19-10-3-4-11-15-7-18-20(11)5-10/h6-7,10H,3-5H2,1-2H3,(H,16,17,19). The summed E-state index contributed by atoms with van der Waals surface area (Å²) in [5, 5.41) is 9.00. The third-order valence-corrected chi connectivity index (χ3v) is 5.23. The van der Waals surface area contributed by atoms with Crippen LogP contribution >= 0.6 is 11.3 Å². The van der Waals surface area contributed by atoms with Gasteiger partial charge in [-0.2, -0.15) is 5.10 Å². The number of nitrogens with one attached hydrogen (secondary N) is 1. The molecule has 0 saturated heterocycles. The van der Waals surface area contributed by atoms with Crippen LogP contribution in [0.2, 0.25) is 0 Å². The molecule has 4 rings (SSSR count). The van der Waals surface area contributed by atoms with Crippen molar-refractivity contribution in [1.29, 1.82) is 0 Å². The fourth-order valence-corrected chi connectivity index (χ4v) is 3.84. The van der Waals surface area contributed by atoms with Gasteiger partial charge < -0.3 is 5.32 Å². The molecule has 4 heterocycles. The van der Waals surface area contributed by atoms with E-state index in [1.807, 2.05) is 4.68 Å². The maximum Gasteiger partial charge on any atom is 0.138 e. The van der Waals surface area contributed by atoms with Crippen molar-refractivity contribution in [2.75, 3.05) is 5.32 Å². The SMILES string of the molecule is Cc1sc2ncnc(NC3CCc4ncnn4C3)c2c1C. The molecule has 3 aromatic rings. The smallest absolute Gasteiger partial charge is 0.138 e. The van der Waals surface area contributed by atoms with Crippen LogP contribution in [0.15, 0.2) is 12.7 Å². The molecule has 7 heteroatoms. The Bertz CT molecular complexity index is 805. The summed E-state index contributed by atoms with van der Waals surface area (Å²) < 4.78 is 1.98. The molecule has 21 heavy (non-hydrogen) atoms. The van der Waals surface area contributed by atoms with Gasteiger partial charge >= 0.3 is 0 Å². The lowest BCUT2D eigenvalue weighted by molar-refractivity contribution is 0.441. The number of nitrogens with zero attached hydrogens (tertiary/aromatic N) is 5. The highest BCUT2D eigenvalue weighted by Crippen LogP contribution is 2.33. The zero-order chi connectivity index (χ0) is 14.4. The summed E-state index contributed by atoms with van der Waals surface area (Å²) in [6.45, 7) is 5.11. The number of hydrogen-bond donors (Lipinski definition) is 1. The summed E-state index contributed by atoms with van der Waals surface area (Å²) in [5.74, 6) is 2.01. The van der Waals surface area contributed by atoms with Crippen LogP contribution in [0.5, 0.6) is 0 Å². The van der Waals surface area contributed by atoms with E-state index >= 15 is 0 Å². The lowest BCUT2D eigenvalue weighted by Crippen LogP contribution is -2.32. The molecule has 6 nitrogen and oxygen atoms in total. The molecule has 1 atom stereocenters. The van der Waals surface area contributed by atoms with E-state index in [2.05, 4.69) is 39.2 Å². The van der Waals surface area contributed by atoms with Crippen LogP contribution in [0.25, 0.3) is 10.2 Å². The maximum atomic E-state index is 4.46. The van der Waals surface area contributed by atoms with Gasteiger partial charge in [-0.15, -0.1) is 11.3 Å². The van der Waals surface area contributed by atoms with Crippen molar-refractivity contribution in [3.05, 3.63) is 28.9 Å². The Balaban J connectivity index is 1.66. The molecular weight excluding hydrogens is 284 g/mol. The van der Waals surface area contributed by atoms with Crippen LogP contribution in [-0.4, -0.2) is 30.8 Å². The molecule has 1 aliphatic heterocycles. The topological polar surface area (TPSA) is 68.5 Å². The lowest BCUT2D eigenvalue weighted by Gasteiger charge is -2.24. The molecule has 0 bridgehead atoms. The van der Waals surface area contributed by atoms with Crippen LogP contribution in [0.4, 0.5) is 5.82 Å². The van der Waals surface area contributed by atoms with Crippen LogP contribution < -0.4 is 5.32 Å². The van der Waals surface area contributed by atoms with Crippen LogP contribution in [0, 0.1) is 13.8 Å². The summed E-state index contributed by atoms with van der Waals surface area (Å²) >= 11 is 1.73. The first-order chi connectivity index (χ1) is 10.2. The Labute approximate surface area is 126 Å². The minimum absolute atomic E-state index is 0.330. The summed E-state index contributed by atoms with van der Waals surface area (Å²) in [5.41, 5.74) is 1.27. The van der Waals surface area contributed by atoms with Gasteiger partial charge in [-0.05, 0) is 25.8 Å². The second-order valence-corrected chi connectivity index (χ2v) is 6.63. The largest absolute Gasteiger partial charge is 0.365 e. The Morgan fingerprint density at radius 3 is 3.05 bits per heavy atom. The van der Waals surface area contributed by atoms with Crippen LogP contribution in [0.3, 0.4) is 0 Å². The molecule has 3 aromatic heterocycles. The average molecular weight is 300 g/mol. The monoisotopic (exact) mass is 300 g/mol. The molecule has 0 amide bonds. The third-order valence-electron chi connectivity index (χ3n) is 4.11. The Kier molecular flexibility index (Phi) is 2.88. The molecule has 0 radical (unpaired) electrons. The van der Waals surface area contributed by atoms with Gasteiger partial charge in [0.1, 0.15) is 29.1 Å². The average Bonchev–Trinajstić information content (AvgIpc) is 3.04. The highest BCUT2D eigenvalue weighted by Gasteiger charge is 2.21. The maximum absolute atomic E-state index is 4.46. The molecule has 1 N–H and O–H groups in total. The minimum atomic E-state index is 0.330. The highest BCUT2D eigenvalue weighted by molar-refractivity contribution is 7.18. The predicted molar refractivity (Wildman–Crippen MR) is 82.6 cm³/mol. The molecule has 0 fully saturated rings.